The number of fused-ring (bicyclic) bond motifs is 1. The lowest BCUT2D eigenvalue weighted by atomic mass is 10.1. The summed E-state index contributed by atoms with van der Waals surface area (Å²) in [6.07, 6.45) is 1.95. The van der Waals surface area contributed by atoms with Crippen molar-refractivity contribution >= 4 is 16.8 Å². The molecule has 0 unspecified atom stereocenters. The summed E-state index contributed by atoms with van der Waals surface area (Å²) in [7, 11) is 1.65. The smallest absolute Gasteiger partial charge is 0.251 e. The Balaban J connectivity index is 1.45. The van der Waals surface area contributed by atoms with Crippen LogP contribution < -0.4 is 14.8 Å². The fraction of sp³-hybridized carbons (Fsp3) is 0.231. The molecule has 0 radical (unpaired) electrons. The zero-order chi connectivity index (χ0) is 22.5. The molecule has 4 aromatic rings. The highest BCUT2D eigenvalue weighted by molar-refractivity contribution is 5.97. The molecule has 0 spiro atoms. The number of hydrogen-bond donors (Lipinski definition) is 1. The quantitative estimate of drug-likeness (QED) is 0.437. The van der Waals surface area contributed by atoms with Crippen LogP contribution in [0.3, 0.4) is 0 Å². The van der Waals surface area contributed by atoms with Crippen LogP contribution >= 0.6 is 0 Å². The van der Waals surface area contributed by atoms with Gasteiger partial charge in [-0.3, -0.25) is 9.48 Å². The number of amides is 1. The molecule has 0 aliphatic rings. The van der Waals surface area contributed by atoms with E-state index < -0.39 is 0 Å². The van der Waals surface area contributed by atoms with Crippen LogP contribution in [0.15, 0.2) is 72.9 Å². The average Bonchev–Trinajstić information content (AvgIpc) is 3.20. The molecule has 6 heteroatoms. The van der Waals surface area contributed by atoms with E-state index in [1.807, 2.05) is 91.5 Å². The maximum Gasteiger partial charge on any atom is 0.251 e. The summed E-state index contributed by atoms with van der Waals surface area (Å²) >= 11 is 0. The van der Waals surface area contributed by atoms with Crippen molar-refractivity contribution < 1.29 is 14.3 Å². The van der Waals surface area contributed by atoms with E-state index in [9.17, 15) is 4.79 Å². The molecule has 164 valence electrons. The standard InChI is InChI=1S/C26H27N3O3/c1-18(2)32-23-11-7-19(8-12-23)15-27-26(30)21-9-10-22-16-28-29(25(22)14-21)17-20-5-4-6-24(13-20)31-3/h4-14,16,18H,15,17H2,1-3H3,(H,27,30). The molecule has 6 nitrogen and oxygen atoms in total. The van der Waals surface area contributed by atoms with Crippen LogP contribution in [0, 0.1) is 0 Å². The minimum atomic E-state index is -0.122. The third-order valence-electron chi connectivity index (χ3n) is 5.12. The Morgan fingerprint density at radius 1 is 1.00 bits per heavy atom. The van der Waals surface area contributed by atoms with Crippen molar-refractivity contribution in [3.8, 4) is 11.5 Å². The van der Waals surface area contributed by atoms with Crippen LogP contribution in [0.2, 0.25) is 0 Å². The number of ether oxygens (including phenoxy) is 2. The molecular formula is C26H27N3O3. The first-order chi connectivity index (χ1) is 15.5. The number of benzene rings is 3. The van der Waals surface area contributed by atoms with Gasteiger partial charge >= 0.3 is 0 Å². The Bertz CT molecular complexity index is 1210. The SMILES string of the molecule is COc1cccc(Cn2ncc3ccc(C(=O)NCc4ccc(OC(C)C)cc4)cc32)c1. The fourth-order valence-corrected chi connectivity index (χ4v) is 3.52. The average molecular weight is 430 g/mol. The maximum atomic E-state index is 12.8. The van der Waals surface area contributed by atoms with Crippen molar-refractivity contribution in [3.05, 3.63) is 89.6 Å². The molecule has 0 atom stereocenters. The minimum Gasteiger partial charge on any atom is -0.497 e. The molecule has 0 saturated heterocycles. The van der Waals surface area contributed by atoms with Crippen molar-refractivity contribution in [2.24, 2.45) is 0 Å². The molecule has 0 saturated carbocycles. The second kappa shape index (κ2) is 9.56. The van der Waals surface area contributed by atoms with Crippen LogP contribution in [-0.2, 0) is 13.1 Å². The maximum absolute atomic E-state index is 12.8. The van der Waals surface area contributed by atoms with Gasteiger partial charge in [-0.2, -0.15) is 5.10 Å². The van der Waals surface area contributed by atoms with Gasteiger partial charge in [-0.05, 0) is 61.4 Å². The highest BCUT2D eigenvalue weighted by Crippen LogP contribution is 2.20. The molecule has 0 aliphatic carbocycles. The lowest BCUT2D eigenvalue weighted by molar-refractivity contribution is 0.0951. The Hall–Kier alpha value is -3.80. The number of nitrogens with one attached hydrogen (secondary N) is 1. The number of rotatable bonds is 8. The fourth-order valence-electron chi connectivity index (χ4n) is 3.52. The Kier molecular flexibility index (Phi) is 6.40. The lowest BCUT2D eigenvalue weighted by Gasteiger charge is -2.11. The molecular weight excluding hydrogens is 402 g/mol. The molecule has 32 heavy (non-hydrogen) atoms. The van der Waals surface area contributed by atoms with Gasteiger partial charge in [-0.1, -0.05) is 30.3 Å². The van der Waals surface area contributed by atoms with Crippen molar-refractivity contribution in [1.82, 2.24) is 15.1 Å². The van der Waals surface area contributed by atoms with Gasteiger partial charge in [0.25, 0.3) is 5.91 Å². The summed E-state index contributed by atoms with van der Waals surface area (Å²) in [6.45, 7) is 5.03. The second-order valence-corrected chi connectivity index (χ2v) is 7.92. The number of aromatic nitrogens is 2. The lowest BCUT2D eigenvalue weighted by Crippen LogP contribution is -2.22. The molecule has 0 fully saturated rings. The number of nitrogens with zero attached hydrogens (tertiary/aromatic N) is 2. The largest absolute Gasteiger partial charge is 0.497 e. The van der Waals surface area contributed by atoms with E-state index in [0.29, 0.717) is 18.7 Å². The van der Waals surface area contributed by atoms with E-state index in [1.165, 1.54) is 0 Å². The third kappa shape index (κ3) is 5.09. The van der Waals surface area contributed by atoms with Gasteiger partial charge in [0.2, 0.25) is 0 Å². The first kappa shape index (κ1) is 21.4. The monoisotopic (exact) mass is 429 g/mol. The van der Waals surface area contributed by atoms with E-state index in [2.05, 4.69) is 10.4 Å². The van der Waals surface area contributed by atoms with E-state index in [4.69, 9.17) is 9.47 Å². The van der Waals surface area contributed by atoms with Crippen LogP contribution in [0.1, 0.15) is 35.3 Å². The highest BCUT2D eigenvalue weighted by Gasteiger charge is 2.10. The molecule has 1 N–H and O–H groups in total. The Morgan fingerprint density at radius 2 is 1.81 bits per heavy atom. The summed E-state index contributed by atoms with van der Waals surface area (Å²) in [4.78, 5) is 12.8. The van der Waals surface area contributed by atoms with E-state index in [0.717, 1.165) is 33.5 Å². The van der Waals surface area contributed by atoms with Crippen LogP contribution in [0.25, 0.3) is 10.9 Å². The van der Waals surface area contributed by atoms with E-state index in [-0.39, 0.29) is 12.0 Å². The second-order valence-electron chi connectivity index (χ2n) is 7.92. The van der Waals surface area contributed by atoms with Crippen molar-refractivity contribution in [1.29, 1.82) is 0 Å². The molecule has 1 amide bonds. The van der Waals surface area contributed by atoms with Gasteiger partial charge in [0.05, 0.1) is 31.5 Å². The van der Waals surface area contributed by atoms with E-state index in [1.54, 1.807) is 7.11 Å². The minimum absolute atomic E-state index is 0.122. The third-order valence-corrected chi connectivity index (χ3v) is 5.12. The Morgan fingerprint density at radius 3 is 2.56 bits per heavy atom. The van der Waals surface area contributed by atoms with Crippen LogP contribution in [-0.4, -0.2) is 28.9 Å². The van der Waals surface area contributed by atoms with Crippen molar-refractivity contribution in [2.45, 2.75) is 33.0 Å². The normalized spacial score (nSPS) is 11.0. The summed E-state index contributed by atoms with van der Waals surface area (Å²) < 4.78 is 12.9. The van der Waals surface area contributed by atoms with Gasteiger partial charge in [0.15, 0.2) is 0 Å². The molecule has 4 rings (SSSR count). The molecule has 3 aromatic carbocycles. The Labute approximate surface area is 187 Å². The summed E-state index contributed by atoms with van der Waals surface area (Å²) in [5, 5.41) is 8.48. The first-order valence-corrected chi connectivity index (χ1v) is 10.6. The summed E-state index contributed by atoms with van der Waals surface area (Å²) in [5.41, 5.74) is 3.60. The predicted molar refractivity (Wildman–Crippen MR) is 125 cm³/mol. The van der Waals surface area contributed by atoms with Crippen LogP contribution in [0.4, 0.5) is 0 Å². The van der Waals surface area contributed by atoms with Crippen molar-refractivity contribution in [3.63, 3.8) is 0 Å². The highest BCUT2D eigenvalue weighted by atomic mass is 16.5. The molecule has 0 aliphatic heterocycles. The van der Waals surface area contributed by atoms with Gasteiger partial charge < -0.3 is 14.8 Å². The van der Waals surface area contributed by atoms with Gasteiger partial charge in [-0.25, -0.2) is 0 Å². The molecule has 1 heterocycles. The van der Waals surface area contributed by atoms with Gasteiger partial charge in [0, 0.05) is 17.5 Å². The first-order valence-electron chi connectivity index (χ1n) is 10.6. The molecule has 0 bridgehead atoms. The van der Waals surface area contributed by atoms with Crippen LogP contribution in [0.5, 0.6) is 11.5 Å². The zero-order valence-corrected chi connectivity index (χ0v) is 18.5. The summed E-state index contributed by atoms with van der Waals surface area (Å²) in [5.74, 6) is 1.51. The van der Waals surface area contributed by atoms with Gasteiger partial charge in [0.1, 0.15) is 11.5 Å². The predicted octanol–water partition coefficient (Wildman–Crippen LogP) is 4.81. The number of methoxy groups -OCH3 is 1. The van der Waals surface area contributed by atoms with Gasteiger partial charge in [-0.15, -0.1) is 0 Å². The van der Waals surface area contributed by atoms with Crippen molar-refractivity contribution in [2.75, 3.05) is 7.11 Å². The van der Waals surface area contributed by atoms with E-state index >= 15 is 0 Å². The number of carbonyl (C=O) groups excluding carboxylic acids is 1. The zero-order valence-electron chi connectivity index (χ0n) is 18.5. The topological polar surface area (TPSA) is 65.4 Å². The summed E-state index contributed by atoms with van der Waals surface area (Å²) in [6, 6.07) is 21.3. The molecule has 1 aromatic heterocycles. The number of carbonyl (C=O) groups is 1. The number of hydrogen-bond acceptors (Lipinski definition) is 4.